The van der Waals surface area contributed by atoms with Gasteiger partial charge in [0.05, 0.1) is 17.4 Å². The quantitative estimate of drug-likeness (QED) is 0.911. The minimum atomic E-state index is -0.917. The van der Waals surface area contributed by atoms with Crippen molar-refractivity contribution in [2.45, 2.75) is 6.54 Å². The van der Waals surface area contributed by atoms with Gasteiger partial charge >= 0.3 is 5.97 Å². The van der Waals surface area contributed by atoms with Crippen LogP contribution in [0.4, 0.5) is 5.69 Å². The fourth-order valence-electron chi connectivity index (χ4n) is 1.59. The van der Waals surface area contributed by atoms with Crippen molar-refractivity contribution in [2.75, 3.05) is 5.32 Å². The zero-order valence-electron chi connectivity index (χ0n) is 9.43. The van der Waals surface area contributed by atoms with E-state index in [1.54, 1.807) is 30.6 Å². The molecule has 92 valence electrons. The van der Waals surface area contributed by atoms with Gasteiger partial charge in [0.25, 0.3) is 0 Å². The van der Waals surface area contributed by atoms with Crippen LogP contribution >= 0.6 is 15.9 Å². The number of carbonyl (C=O) groups is 1. The summed E-state index contributed by atoms with van der Waals surface area (Å²) in [4.78, 5) is 15.1. The van der Waals surface area contributed by atoms with E-state index in [1.165, 1.54) is 0 Å². The molecule has 0 fully saturated rings. The number of nitrogens with zero attached hydrogens (tertiary/aromatic N) is 1. The maximum atomic E-state index is 11.0. The summed E-state index contributed by atoms with van der Waals surface area (Å²) >= 11 is 3.33. The number of aromatic carboxylic acids is 1. The molecule has 1 aromatic heterocycles. The van der Waals surface area contributed by atoms with Crippen LogP contribution in [0.5, 0.6) is 0 Å². The number of rotatable bonds is 4. The molecule has 5 heteroatoms. The highest BCUT2D eigenvalue weighted by atomic mass is 79.9. The van der Waals surface area contributed by atoms with E-state index < -0.39 is 5.97 Å². The maximum Gasteiger partial charge on any atom is 0.336 e. The lowest BCUT2D eigenvalue weighted by atomic mass is 10.1. The summed E-state index contributed by atoms with van der Waals surface area (Å²) in [6.07, 6.45) is 3.38. The Bertz CT molecular complexity index is 572. The van der Waals surface area contributed by atoms with E-state index in [4.69, 9.17) is 5.11 Å². The number of carboxylic acids is 1. The molecule has 0 saturated carbocycles. The van der Waals surface area contributed by atoms with Gasteiger partial charge in [-0.25, -0.2) is 4.79 Å². The van der Waals surface area contributed by atoms with Crippen LogP contribution in [0.3, 0.4) is 0 Å². The second-order valence-corrected chi connectivity index (χ2v) is 4.62. The van der Waals surface area contributed by atoms with Gasteiger partial charge in [-0.1, -0.05) is 18.2 Å². The van der Waals surface area contributed by atoms with E-state index in [-0.39, 0.29) is 0 Å². The van der Waals surface area contributed by atoms with Crippen LogP contribution in [0.15, 0.2) is 47.2 Å². The Labute approximate surface area is 113 Å². The highest BCUT2D eigenvalue weighted by molar-refractivity contribution is 9.10. The van der Waals surface area contributed by atoms with Crippen molar-refractivity contribution in [3.8, 4) is 0 Å². The van der Waals surface area contributed by atoms with E-state index in [2.05, 4.69) is 26.2 Å². The predicted octanol–water partition coefficient (Wildman–Crippen LogP) is 3.15. The second kappa shape index (κ2) is 5.64. The van der Waals surface area contributed by atoms with Crippen molar-refractivity contribution >= 4 is 27.6 Å². The first-order valence-corrected chi connectivity index (χ1v) is 6.12. The van der Waals surface area contributed by atoms with E-state index in [9.17, 15) is 4.79 Å². The van der Waals surface area contributed by atoms with Gasteiger partial charge < -0.3 is 10.4 Å². The fourth-order valence-corrected chi connectivity index (χ4v) is 1.95. The number of carboxylic acid groups (broad SMARTS) is 1. The van der Waals surface area contributed by atoms with Crippen LogP contribution in [0, 0.1) is 0 Å². The molecule has 0 bridgehead atoms. The maximum absolute atomic E-state index is 11.0. The number of halogens is 1. The summed E-state index contributed by atoms with van der Waals surface area (Å²) in [5.74, 6) is -0.917. The minimum Gasteiger partial charge on any atom is -0.478 e. The highest BCUT2D eigenvalue weighted by Gasteiger charge is 2.08. The van der Waals surface area contributed by atoms with Gasteiger partial charge in [-0.2, -0.15) is 0 Å². The Hall–Kier alpha value is -1.88. The summed E-state index contributed by atoms with van der Waals surface area (Å²) in [7, 11) is 0. The van der Waals surface area contributed by atoms with Crippen molar-refractivity contribution in [1.82, 2.24) is 4.98 Å². The lowest BCUT2D eigenvalue weighted by Crippen LogP contribution is -2.07. The molecule has 18 heavy (non-hydrogen) atoms. The third-order valence-electron chi connectivity index (χ3n) is 2.44. The molecule has 0 amide bonds. The third kappa shape index (κ3) is 3.07. The Balaban J connectivity index is 2.13. The zero-order chi connectivity index (χ0) is 13.0. The summed E-state index contributed by atoms with van der Waals surface area (Å²) in [6.45, 7) is 0.445. The van der Waals surface area contributed by atoms with Crippen LogP contribution in [0.2, 0.25) is 0 Å². The number of hydrogen-bond donors (Lipinski definition) is 2. The second-order valence-electron chi connectivity index (χ2n) is 3.71. The number of hydrogen-bond acceptors (Lipinski definition) is 3. The zero-order valence-corrected chi connectivity index (χ0v) is 11.0. The van der Waals surface area contributed by atoms with E-state index >= 15 is 0 Å². The van der Waals surface area contributed by atoms with Gasteiger partial charge in [-0.15, -0.1) is 0 Å². The van der Waals surface area contributed by atoms with E-state index in [0.717, 1.165) is 15.7 Å². The number of benzene rings is 1. The summed E-state index contributed by atoms with van der Waals surface area (Å²) in [5, 5.41) is 12.2. The molecule has 2 aromatic rings. The standard InChI is InChI=1S/C13H11BrN2O2/c14-10-5-11(8-15-7-10)16-6-9-3-1-2-4-12(9)13(17)18/h1-5,7-8,16H,6H2,(H,17,18). The van der Waals surface area contributed by atoms with Gasteiger partial charge in [0.2, 0.25) is 0 Å². The molecule has 0 aliphatic rings. The van der Waals surface area contributed by atoms with Gasteiger partial charge in [0, 0.05) is 17.2 Å². The van der Waals surface area contributed by atoms with Crippen molar-refractivity contribution in [1.29, 1.82) is 0 Å². The first kappa shape index (κ1) is 12.6. The van der Waals surface area contributed by atoms with Crippen LogP contribution in [-0.2, 0) is 6.54 Å². The topological polar surface area (TPSA) is 62.2 Å². The molecule has 0 atom stereocenters. The highest BCUT2D eigenvalue weighted by Crippen LogP contribution is 2.16. The van der Waals surface area contributed by atoms with Crippen LogP contribution < -0.4 is 5.32 Å². The fraction of sp³-hybridized carbons (Fsp3) is 0.0769. The molecule has 1 aromatic carbocycles. The van der Waals surface area contributed by atoms with Gasteiger partial charge in [0.1, 0.15) is 0 Å². The van der Waals surface area contributed by atoms with Crippen LogP contribution in [0.25, 0.3) is 0 Å². The lowest BCUT2D eigenvalue weighted by molar-refractivity contribution is 0.0696. The van der Waals surface area contributed by atoms with Crippen molar-refractivity contribution < 1.29 is 9.90 Å². The van der Waals surface area contributed by atoms with E-state index in [1.807, 2.05) is 12.1 Å². The Morgan fingerprint density at radius 1 is 1.33 bits per heavy atom. The van der Waals surface area contributed by atoms with Crippen LogP contribution in [-0.4, -0.2) is 16.1 Å². The monoisotopic (exact) mass is 306 g/mol. The largest absolute Gasteiger partial charge is 0.478 e. The molecule has 4 nitrogen and oxygen atoms in total. The molecule has 0 spiro atoms. The van der Waals surface area contributed by atoms with Crippen molar-refractivity contribution in [3.05, 3.63) is 58.3 Å². The molecule has 0 saturated heterocycles. The number of anilines is 1. The molecule has 2 rings (SSSR count). The molecule has 0 aliphatic heterocycles. The predicted molar refractivity (Wildman–Crippen MR) is 72.7 cm³/mol. The number of pyridine rings is 1. The molecule has 0 aliphatic carbocycles. The minimum absolute atomic E-state index is 0.313. The Morgan fingerprint density at radius 3 is 2.83 bits per heavy atom. The normalized spacial score (nSPS) is 10.1. The van der Waals surface area contributed by atoms with Gasteiger partial charge in [-0.05, 0) is 33.6 Å². The number of nitrogens with one attached hydrogen (secondary N) is 1. The molecular weight excluding hydrogens is 296 g/mol. The average Bonchev–Trinajstić information content (AvgIpc) is 2.37. The summed E-state index contributed by atoms with van der Waals surface area (Å²) in [5.41, 5.74) is 1.89. The molecular formula is C13H11BrN2O2. The third-order valence-corrected chi connectivity index (χ3v) is 2.87. The summed E-state index contributed by atoms with van der Waals surface area (Å²) in [6, 6.07) is 8.81. The Morgan fingerprint density at radius 2 is 2.11 bits per heavy atom. The van der Waals surface area contributed by atoms with Gasteiger partial charge in [0.15, 0.2) is 0 Å². The first-order valence-electron chi connectivity index (χ1n) is 5.32. The molecule has 0 radical (unpaired) electrons. The van der Waals surface area contributed by atoms with Crippen LogP contribution in [0.1, 0.15) is 15.9 Å². The molecule has 2 N–H and O–H groups in total. The lowest BCUT2D eigenvalue weighted by Gasteiger charge is -2.08. The average molecular weight is 307 g/mol. The molecule has 0 unspecified atom stereocenters. The van der Waals surface area contributed by atoms with Crippen molar-refractivity contribution in [2.24, 2.45) is 0 Å². The van der Waals surface area contributed by atoms with Crippen molar-refractivity contribution in [3.63, 3.8) is 0 Å². The summed E-state index contributed by atoms with van der Waals surface area (Å²) < 4.78 is 0.874. The number of aromatic nitrogens is 1. The Kier molecular flexibility index (Phi) is 3.94. The van der Waals surface area contributed by atoms with E-state index in [0.29, 0.717) is 12.1 Å². The molecule has 1 heterocycles. The smallest absolute Gasteiger partial charge is 0.336 e. The first-order chi connectivity index (χ1) is 8.66. The SMILES string of the molecule is O=C(O)c1ccccc1CNc1cncc(Br)c1. The van der Waals surface area contributed by atoms with Gasteiger partial charge in [-0.3, -0.25) is 4.98 Å².